The first-order valence-corrected chi connectivity index (χ1v) is 11.3. The monoisotopic (exact) mass is 450 g/mol. The quantitative estimate of drug-likeness (QED) is 0.633. The van der Waals surface area contributed by atoms with Crippen LogP contribution in [0, 0.1) is 5.92 Å². The summed E-state index contributed by atoms with van der Waals surface area (Å²) in [7, 11) is 3.21. The molecule has 2 aromatic rings. The Morgan fingerprint density at radius 3 is 2.67 bits per heavy atom. The molecule has 1 saturated carbocycles. The molecule has 3 unspecified atom stereocenters. The number of ether oxygens (including phenoxy) is 3. The van der Waals surface area contributed by atoms with Gasteiger partial charge in [0.15, 0.2) is 17.3 Å². The van der Waals surface area contributed by atoms with Gasteiger partial charge in [0.05, 0.1) is 20.3 Å². The summed E-state index contributed by atoms with van der Waals surface area (Å²) in [6.45, 7) is 0.533. The number of benzene rings is 2. The van der Waals surface area contributed by atoms with Crippen molar-refractivity contribution in [1.29, 1.82) is 0 Å². The number of morpholine rings is 1. The lowest BCUT2D eigenvalue weighted by atomic mass is 9.82. The number of carbonyl (C=O) groups excluding carboxylic acids is 2. The van der Waals surface area contributed by atoms with Gasteiger partial charge < -0.3 is 24.8 Å². The van der Waals surface area contributed by atoms with E-state index in [2.05, 4.69) is 10.6 Å². The van der Waals surface area contributed by atoms with Gasteiger partial charge in [-0.2, -0.15) is 0 Å². The SMILES string of the molecule is COc1ccc(CCNC(=O)C2CCC3O/C(=C\c4ccccc4)C(=O)NC3C2)cc1OC. The molecule has 1 aliphatic heterocycles. The lowest BCUT2D eigenvalue weighted by molar-refractivity contribution is -0.134. The zero-order valence-electron chi connectivity index (χ0n) is 19.0. The van der Waals surface area contributed by atoms with Crippen LogP contribution < -0.4 is 20.1 Å². The van der Waals surface area contributed by atoms with Gasteiger partial charge in [0.1, 0.15) is 6.10 Å². The number of fused-ring (bicyclic) bond motifs is 1. The van der Waals surface area contributed by atoms with Gasteiger partial charge in [-0.15, -0.1) is 0 Å². The van der Waals surface area contributed by atoms with Crippen LogP contribution in [0.25, 0.3) is 6.08 Å². The zero-order chi connectivity index (χ0) is 23.2. The fourth-order valence-electron chi connectivity index (χ4n) is 4.44. The lowest BCUT2D eigenvalue weighted by Crippen LogP contribution is -2.54. The van der Waals surface area contributed by atoms with Crippen molar-refractivity contribution in [3.8, 4) is 11.5 Å². The Morgan fingerprint density at radius 2 is 1.91 bits per heavy atom. The van der Waals surface area contributed by atoms with Gasteiger partial charge in [0.2, 0.25) is 5.91 Å². The van der Waals surface area contributed by atoms with Crippen LogP contribution in [0.2, 0.25) is 0 Å². The highest BCUT2D eigenvalue weighted by atomic mass is 16.5. The number of nitrogens with one attached hydrogen (secondary N) is 2. The van der Waals surface area contributed by atoms with Gasteiger partial charge in [-0.25, -0.2) is 0 Å². The zero-order valence-corrected chi connectivity index (χ0v) is 19.0. The highest BCUT2D eigenvalue weighted by Crippen LogP contribution is 2.32. The van der Waals surface area contributed by atoms with Crippen molar-refractivity contribution in [2.45, 2.75) is 37.8 Å². The normalized spacial score (nSPS) is 23.2. The van der Waals surface area contributed by atoms with Crippen molar-refractivity contribution in [2.24, 2.45) is 5.92 Å². The van der Waals surface area contributed by atoms with Crippen LogP contribution in [0.5, 0.6) is 11.5 Å². The maximum atomic E-state index is 12.8. The smallest absolute Gasteiger partial charge is 0.286 e. The van der Waals surface area contributed by atoms with Crippen molar-refractivity contribution in [3.63, 3.8) is 0 Å². The Hall–Kier alpha value is -3.48. The molecule has 2 aliphatic rings. The Morgan fingerprint density at radius 1 is 1.12 bits per heavy atom. The summed E-state index contributed by atoms with van der Waals surface area (Å²) in [5.41, 5.74) is 1.98. The molecule has 174 valence electrons. The Bertz CT molecular complexity index is 1020. The molecule has 3 atom stereocenters. The topological polar surface area (TPSA) is 85.9 Å². The van der Waals surface area contributed by atoms with Crippen LogP contribution in [-0.2, 0) is 20.7 Å². The van der Waals surface area contributed by atoms with Crippen LogP contribution in [0.15, 0.2) is 54.3 Å². The third-order valence-corrected chi connectivity index (χ3v) is 6.23. The highest BCUT2D eigenvalue weighted by molar-refractivity contribution is 5.96. The molecule has 7 heteroatoms. The summed E-state index contributed by atoms with van der Waals surface area (Å²) in [5.74, 6) is 1.35. The van der Waals surface area contributed by atoms with Crippen LogP contribution in [0.3, 0.4) is 0 Å². The van der Waals surface area contributed by atoms with Crippen molar-refractivity contribution >= 4 is 17.9 Å². The Kier molecular flexibility index (Phi) is 7.17. The molecule has 2 fully saturated rings. The van der Waals surface area contributed by atoms with Crippen LogP contribution in [0.1, 0.15) is 30.4 Å². The molecule has 0 bridgehead atoms. The van der Waals surface area contributed by atoms with Gasteiger partial charge in [0.25, 0.3) is 5.91 Å². The van der Waals surface area contributed by atoms with E-state index in [9.17, 15) is 9.59 Å². The number of rotatable bonds is 7. The number of carbonyl (C=O) groups is 2. The van der Waals surface area contributed by atoms with Crippen molar-refractivity contribution in [3.05, 3.63) is 65.4 Å². The molecule has 0 radical (unpaired) electrons. The average molecular weight is 451 g/mol. The minimum absolute atomic E-state index is 0.0220. The summed E-state index contributed by atoms with van der Waals surface area (Å²) in [6.07, 6.45) is 4.39. The molecule has 2 amide bonds. The number of methoxy groups -OCH3 is 2. The second kappa shape index (κ2) is 10.4. The summed E-state index contributed by atoms with van der Waals surface area (Å²) < 4.78 is 16.6. The molecule has 1 heterocycles. The van der Waals surface area contributed by atoms with Gasteiger partial charge >= 0.3 is 0 Å². The van der Waals surface area contributed by atoms with E-state index in [1.807, 2.05) is 48.5 Å². The largest absolute Gasteiger partial charge is 0.493 e. The van der Waals surface area contributed by atoms with Crippen LogP contribution in [-0.4, -0.2) is 44.7 Å². The predicted octanol–water partition coefficient (Wildman–Crippen LogP) is 3.09. The minimum Gasteiger partial charge on any atom is -0.493 e. The van der Waals surface area contributed by atoms with Crippen LogP contribution >= 0.6 is 0 Å². The number of hydrogen-bond donors (Lipinski definition) is 2. The number of hydrogen-bond acceptors (Lipinski definition) is 5. The molecule has 33 heavy (non-hydrogen) atoms. The molecule has 1 aliphatic carbocycles. The van der Waals surface area contributed by atoms with Crippen molar-refractivity contribution in [2.75, 3.05) is 20.8 Å². The van der Waals surface area contributed by atoms with Gasteiger partial charge in [0, 0.05) is 12.5 Å². The van der Waals surface area contributed by atoms with Gasteiger partial charge in [-0.05, 0) is 55.0 Å². The van der Waals surface area contributed by atoms with E-state index in [1.54, 1.807) is 20.3 Å². The first-order valence-electron chi connectivity index (χ1n) is 11.3. The summed E-state index contributed by atoms with van der Waals surface area (Å²) >= 11 is 0. The first-order chi connectivity index (χ1) is 16.1. The Balaban J connectivity index is 1.28. The molecule has 2 aromatic carbocycles. The summed E-state index contributed by atoms with van der Waals surface area (Å²) in [5, 5.41) is 6.08. The van der Waals surface area contributed by atoms with E-state index >= 15 is 0 Å². The molecular formula is C26H30N2O5. The molecule has 4 rings (SSSR count). The van der Waals surface area contributed by atoms with E-state index in [4.69, 9.17) is 14.2 Å². The number of amides is 2. The third kappa shape index (κ3) is 5.48. The minimum atomic E-state index is -0.227. The lowest BCUT2D eigenvalue weighted by Gasteiger charge is -2.39. The van der Waals surface area contributed by atoms with Crippen molar-refractivity contribution < 1.29 is 23.8 Å². The average Bonchev–Trinajstić information content (AvgIpc) is 2.84. The molecular weight excluding hydrogens is 420 g/mol. The Labute approximate surface area is 194 Å². The molecule has 0 aromatic heterocycles. The van der Waals surface area contributed by atoms with E-state index in [1.165, 1.54) is 0 Å². The van der Waals surface area contributed by atoms with Crippen LogP contribution in [0.4, 0.5) is 0 Å². The molecule has 0 spiro atoms. The maximum absolute atomic E-state index is 12.8. The fourth-order valence-corrected chi connectivity index (χ4v) is 4.44. The summed E-state index contributed by atoms with van der Waals surface area (Å²) in [6, 6.07) is 15.2. The van der Waals surface area contributed by atoms with Gasteiger partial charge in [-0.3, -0.25) is 9.59 Å². The fraction of sp³-hybridized carbons (Fsp3) is 0.385. The van der Waals surface area contributed by atoms with Gasteiger partial charge in [-0.1, -0.05) is 36.4 Å². The second-order valence-electron chi connectivity index (χ2n) is 8.40. The molecule has 1 saturated heterocycles. The van der Waals surface area contributed by atoms with E-state index in [0.717, 1.165) is 24.0 Å². The summed E-state index contributed by atoms with van der Waals surface area (Å²) in [4.78, 5) is 25.3. The van der Waals surface area contributed by atoms with Crippen molar-refractivity contribution in [1.82, 2.24) is 10.6 Å². The first kappa shape index (κ1) is 22.7. The molecule has 2 N–H and O–H groups in total. The second-order valence-corrected chi connectivity index (χ2v) is 8.40. The third-order valence-electron chi connectivity index (χ3n) is 6.23. The standard InChI is InChI=1S/C26H30N2O5/c1-31-22-10-8-18(14-23(22)32-2)12-13-27-25(29)19-9-11-21-20(16-19)28-26(30)24(33-21)15-17-6-4-3-5-7-17/h3-8,10,14-15,19-21H,9,11-13,16H2,1-2H3,(H,27,29)(H,28,30)/b24-15-. The van der Waals surface area contributed by atoms with E-state index < -0.39 is 0 Å². The molecule has 7 nitrogen and oxygen atoms in total. The predicted molar refractivity (Wildman–Crippen MR) is 125 cm³/mol. The van der Waals surface area contributed by atoms with E-state index in [-0.39, 0.29) is 29.9 Å². The maximum Gasteiger partial charge on any atom is 0.286 e. The van der Waals surface area contributed by atoms with E-state index in [0.29, 0.717) is 36.6 Å². The highest BCUT2D eigenvalue weighted by Gasteiger charge is 2.40.